The molecule has 4 aromatic rings. The number of amides is 3. The highest BCUT2D eigenvalue weighted by atomic mass is 32.2. The number of aromatic nitrogens is 1. The number of nitrogens with zero attached hydrogens (tertiary/aromatic N) is 3. The third-order valence-electron chi connectivity index (χ3n) is 6.62. The normalized spacial score (nSPS) is 15.6. The molecule has 1 atom stereocenters. The van der Waals surface area contributed by atoms with Crippen LogP contribution in [0.2, 0.25) is 0 Å². The van der Waals surface area contributed by atoms with Gasteiger partial charge in [-0.2, -0.15) is 26.3 Å². The Hall–Kier alpha value is -4.99. The highest BCUT2D eigenvalue weighted by molar-refractivity contribution is 7.92. The van der Waals surface area contributed by atoms with Crippen molar-refractivity contribution in [1.82, 2.24) is 9.88 Å². The third kappa shape index (κ3) is 7.06. The Morgan fingerprint density at radius 2 is 1.42 bits per heavy atom. The summed E-state index contributed by atoms with van der Waals surface area (Å²) in [5, 5.41) is 7.94. The standard InChI is InChI=1S/C27H20F3N3O4S.C2HF3O2/c28-27(29,30)38(36,37)21-12-10-20(11-13-21)33-25(34)24(16-18-6-2-1-3-7-18)32(26(33)35)17-19-14-15-31-23-9-5-4-8-22(19)23;3-2(4,5)1(6)7/h1-15,24H,16-17H2;(H,6,7)/t24-;/m1./s1. The number of benzene rings is 3. The van der Waals surface area contributed by atoms with Crippen molar-refractivity contribution in [3.63, 3.8) is 0 Å². The molecule has 1 aliphatic heterocycles. The van der Waals surface area contributed by atoms with Gasteiger partial charge in [-0.3, -0.25) is 9.78 Å². The molecule has 0 radical (unpaired) electrons. The van der Waals surface area contributed by atoms with Gasteiger partial charge in [-0.1, -0.05) is 48.5 Å². The zero-order chi connectivity index (χ0) is 33.2. The van der Waals surface area contributed by atoms with E-state index in [2.05, 4.69) is 4.98 Å². The molecule has 236 valence electrons. The van der Waals surface area contributed by atoms with Crippen LogP contribution in [0.25, 0.3) is 10.9 Å². The molecule has 3 aromatic carbocycles. The Bertz CT molecular complexity index is 1830. The van der Waals surface area contributed by atoms with Crippen molar-refractivity contribution in [2.75, 3.05) is 4.90 Å². The van der Waals surface area contributed by atoms with E-state index in [1.807, 2.05) is 54.6 Å². The molecule has 1 N–H and O–H groups in total. The molecule has 0 saturated carbocycles. The van der Waals surface area contributed by atoms with Crippen LogP contribution in [0.3, 0.4) is 0 Å². The van der Waals surface area contributed by atoms with Crippen molar-refractivity contribution in [3.8, 4) is 0 Å². The van der Waals surface area contributed by atoms with Gasteiger partial charge in [-0.25, -0.2) is 22.9 Å². The Kier molecular flexibility index (Phi) is 9.18. The number of imide groups is 1. The number of hydrogen-bond acceptors (Lipinski definition) is 6. The number of carbonyl (C=O) groups is 3. The number of alkyl halides is 6. The zero-order valence-corrected chi connectivity index (χ0v) is 23.5. The average Bonchev–Trinajstić information content (AvgIpc) is 3.21. The fraction of sp³-hybridized carbons (Fsp3) is 0.172. The first-order chi connectivity index (χ1) is 21.0. The van der Waals surface area contributed by atoms with Gasteiger partial charge in [0.15, 0.2) is 0 Å². The lowest BCUT2D eigenvalue weighted by Gasteiger charge is -2.22. The molecule has 1 aromatic heterocycles. The molecule has 3 amide bonds. The Morgan fingerprint density at radius 3 is 2.00 bits per heavy atom. The molecule has 0 bridgehead atoms. The van der Waals surface area contributed by atoms with Gasteiger partial charge in [0.2, 0.25) is 0 Å². The molecule has 1 saturated heterocycles. The predicted octanol–water partition coefficient (Wildman–Crippen LogP) is 5.74. The second kappa shape index (κ2) is 12.6. The van der Waals surface area contributed by atoms with E-state index in [1.165, 1.54) is 4.90 Å². The van der Waals surface area contributed by atoms with Crippen LogP contribution in [0.5, 0.6) is 0 Å². The second-order valence-corrected chi connectivity index (χ2v) is 11.5. The minimum Gasteiger partial charge on any atom is -0.475 e. The van der Waals surface area contributed by atoms with E-state index in [-0.39, 0.29) is 18.7 Å². The van der Waals surface area contributed by atoms with E-state index in [0.717, 1.165) is 51.2 Å². The lowest BCUT2D eigenvalue weighted by atomic mass is 10.0. The summed E-state index contributed by atoms with van der Waals surface area (Å²) in [5.41, 5.74) is -3.19. The van der Waals surface area contributed by atoms with E-state index >= 15 is 0 Å². The van der Waals surface area contributed by atoms with Crippen molar-refractivity contribution in [2.45, 2.75) is 35.6 Å². The molecule has 5 rings (SSSR count). The number of fused-ring (bicyclic) bond motifs is 1. The fourth-order valence-corrected chi connectivity index (χ4v) is 5.23. The fourth-order valence-electron chi connectivity index (χ4n) is 4.47. The Balaban J connectivity index is 0.000000591. The molecule has 1 fully saturated rings. The number of halogens is 6. The van der Waals surface area contributed by atoms with Crippen molar-refractivity contribution < 1.29 is 54.3 Å². The monoisotopic (exact) mass is 653 g/mol. The van der Waals surface area contributed by atoms with Gasteiger partial charge in [-0.05, 0) is 47.5 Å². The van der Waals surface area contributed by atoms with Gasteiger partial charge < -0.3 is 10.0 Å². The van der Waals surface area contributed by atoms with E-state index in [1.54, 1.807) is 12.3 Å². The number of para-hydroxylation sites is 1. The first-order valence-electron chi connectivity index (χ1n) is 12.7. The van der Waals surface area contributed by atoms with Crippen LogP contribution in [0.4, 0.5) is 36.8 Å². The summed E-state index contributed by atoms with van der Waals surface area (Å²) in [7, 11) is -5.57. The number of pyridine rings is 1. The Morgan fingerprint density at radius 1 is 0.844 bits per heavy atom. The van der Waals surface area contributed by atoms with Crippen LogP contribution in [0, 0.1) is 0 Å². The maximum atomic E-state index is 13.6. The number of urea groups is 1. The van der Waals surface area contributed by atoms with Crippen molar-refractivity contribution in [1.29, 1.82) is 0 Å². The molecule has 0 aliphatic carbocycles. The summed E-state index contributed by atoms with van der Waals surface area (Å²) in [6, 6.07) is 20.2. The number of aliphatic carboxylic acids is 1. The van der Waals surface area contributed by atoms with E-state index in [0.29, 0.717) is 0 Å². The van der Waals surface area contributed by atoms with Crippen LogP contribution in [-0.2, 0) is 32.4 Å². The number of rotatable bonds is 6. The first kappa shape index (κ1) is 32.9. The van der Waals surface area contributed by atoms with Crippen LogP contribution < -0.4 is 4.90 Å². The van der Waals surface area contributed by atoms with Crippen LogP contribution in [0.15, 0.2) is 96.0 Å². The maximum absolute atomic E-state index is 13.6. The molecule has 0 spiro atoms. The maximum Gasteiger partial charge on any atom is 0.501 e. The lowest BCUT2D eigenvalue weighted by molar-refractivity contribution is -0.192. The van der Waals surface area contributed by atoms with Gasteiger partial charge in [0.1, 0.15) is 6.04 Å². The molecule has 2 heterocycles. The molecule has 16 heteroatoms. The third-order valence-corrected chi connectivity index (χ3v) is 8.13. The smallest absolute Gasteiger partial charge is 0.475 e. The molecular weight excluding hydrogens is 632 g/mol. The minimum absolute atomic E-state index is 0.0266. The number of carbonyl (C=O) groups excluding carboxylic acids is 2. The summed E-state index contributed by atoms with van der Waals surface area (Å²) in [6.45, 7) is 0.0855. The number of carboxylic acids is 1. The van der Waals surface area contributed by atoms with Gasteiger partial charge in [0.05, 0.1) is 16.1 Å². The van der Waals surface area contributed by atoms with Crippen molar-refractivity contribution >= 4 is 44.3 Å². The molecule has 9 nitrogen and oxygen atoms in total. The van der Waals surface area contributed by atoms with E-state index in [4.69, 9.17) is 9.90 Å². The van der Waals surface area contributed by atoms with Crippen molar-refractivity contribution in [3.05, 3.63) is 102 Å². The molecular formula is C29H21F6N3O6S. The summed E-state index contributed by atoms with van der Waals surface area (Å²) in [4.78, 5) is 41.7. The van der Waals surface area contributed by atoms with Crippen LogP contribution in [0.1, 0.15) is 11.1 Å². The molecule has 0 unspecified atom stereocenters. The number of anilines is 1. The van der Waals surface area contributed by atoms with E-state index < -0.39 is 50.4 Å². The summed E-state index contributed by atoms with van der Waals surface area (Å²) >= 11 is 0. The average molecular weight is 654 g/mol. The number of carboxylic acid groups (broad SMARTS) is 1. The predicted molar refractivity (Wildman–Crippen MR) is 147 cm³/mol. The highest BCUT2D eigenvalue weighted by Crippen LogP contribution is 2.34. The number of hydrogen-bond donors (Lipinski definition) is 1. The van der Waals surface area contributed by atoms with Gasteiger partial charge in [0.25, 0.3) is 15.7 Å². The van der Waals surface area contributed by atoms with E-state index in [9.17, 15) is 44.3 Å². The summed E-state index contributed by atoms with van der Waals surface area (Å²) in [5.74, 6) is -3.32. The molecule has 1 aliphatic rings. The molecule has 45 heavy (non-hydrogen) atoms. The highest BCUT2D eigenvalue weighted by Gasteiger charge is 2.48. The van der Waals surface area contributed by atoms with Gasteiger partial charge >= 0.3 is 23.7 Å². The number of sulfone groups is 1. The largest absolute Gasteiger partial charge is 0.501 e. The Labute approximate surface area is 251 Å². The lowest BCUT2D eigenvalue weighted by Crippen LogP contribution is -2.36. The van der Waals surface area contributed by atoms with Gasteiger partial charge in [-0.15, -0.1) is 0 Å². The van der Waals surface area contributed by atoms with Crippen LogP contribution in [-0.4, -0.2) is 59.0 Å². The summed E-state index contributed by atoms with van der Waals surface area (Å²) < 4.78 is 94.1. The summed E-state index contributed by atoms with van der Waals surface area (Å²) in [6.07, 6.45) is -3.25. The van der Waals surface area contributed by atoms with Gasteiger partial charge in [0, 0.05) is 24.5 Å². The first-order valence-corrected chi connectivity index (χ1v) is 14.2. The van der Waals surface area contributed by atoms with Crippen LogP contribution >= 0.6 is 0 Å². The zero-order valence-electron chi connectivity index (χ0n) is 22.7. The minimum atomic E-state index is -5.57. The quantitative estimate of drug-likeness (QED) is 0.208. The van der Waals surface area contributed by atoms with Crippen molar-refractivity contribution in [2.24, 2.45) is 0 Å². The topological polar surface area (TPSA) is 125 Å². The second-order valence-electron chi connectivity index (χ2n) is 9.52. The SMILES string of the molecule is O=C(O)C(F)(F)F.O=C1[C@@H](Cc2ccccc2)N(Cc2ccnc3ccccc23)C(=O)N1c1ccc(S(=O)(=O)C(F)(F)F)cc1.